The molecule has 1 aliphatic rings. The van der Waals surface area contributed by atoms with Crippen molar-refractivity contribution in [1.29, 1.82) is 0 Å². The third-order valence-electron chi connectivity index (χ3n) is 2.74. The van der Waals surface area contributed by atoms with Crippen LogP contribution in [0.25, 0.3) is 0 Å². The molecule has 0 amide bonds. The lowest BCUT2D eigenvalue weighted by Crippen LogP contribution is -2.52. The molecule has 0 N–H and O–H groups in total. The highest BCUT2D eigenvalue weighted by atomic mass is 16.6. The smallest absolute Gasteiger partial charge is 0.323 e. The van der Waals surface area contributed by atoms with Gasteiger partial charge in [0.15, 0.2) is 0 Å². The van der Waals surface area contributed by atoms with E-state index in [4.69, 9.17) is 9.47 Å². The molecule has 1 heterocycles. The maximum absolute atomic E-state index is 12.0. The number of ether oxygens (including phenoxy) is 2. The monoisotopic (exact) mass is 243 g/mol. The summed E-state index contributed by atoms with van der Waals surface area (Å²) in [6, 6.07) is -0.206. The van der Waals surface area contributed by atoms with Gasteiger partial charge in [0, 0.05) is 13.1 Å². The van der Waals surface area contributed by atoms with Crippen LogP contribution in [0, 0.1) is 0 Å². The van der Waals surface area contributed by atoms with Crippen LogP contribution in [0.5, 0.6) is 0 Å². The fourth-order valence-corrected chi connectivity index (χ4v) is 2.07. The Morgan fingerprint density at radius 3 is 2.18 bits per heavy atom. The first kappa shape index (κ1) is 14.5. The first-order valence-corrected chi connectivity index (χ1v) is 6.31. The molecule has 0 saturated carbocycles. The molecule has 4 heteroatoms. The van der Waals surface area contributed by atoms with Gasteiger partial charge in [-0.1, -0.05) is 0 Å². The Hall–Kier alpha value is -0.610. The van der Waals surface area contributed by atoms with Gasteiger partial charge in [-0.15, -0.1) is 0 Å². The molecule has 1 fully saturated rings. The second-order valence-electron chi connectivity index (χ2n) is 5.92. The minimum Gasteiger partial charge on any atom is -0.459 e. The molecule has 3 unspecified atom stereocenters. The molecule has 1 rings (SSSR count). The van der Waals surface area contributed by atoms with Gasteiger partial charge < -0.3 is 9.47 Å². The summed E-state index contributed by atoms with van der Waals surface area (Å²) < 4.78 is 11.1. The van der Waals surface area contributed by atoms with Gasteiger partial charge in [-0.3, -0.25) is 9.69 Å². The highest BCUT2D eigenvalue weighted by molar-refractivity contribution is 5.75. The summed E-state index contributed by atoms with van der Waals surface area (Å²) in [5.74, 6) is -0.154. The third kappa shape index (κ3) is 4.64. The summed E-state index contributed by atoms with van der Waals surface area (Å²) in [7, 11) is 0. The van der Waals surface area contributed by atoms with Crippen LogP contribution in [-0.4, -0.2) is 47.8 Å². The van der Waals surface area contributed by atoms with Gasteiger partial charge in [0.1, 0.15) is 11.6 Å². The molecule has 0 aromatic carbocycles. The number of rotatable bonds is 2. The lowest BCUT2D eigenvalue weighted by atomic mass is 10.1. The predicted molar refractivity (Wildman–Crippen MR) is 66.9 cm³/mol. The summed E-state index contributed by atoms with van der Waals surface area (Å²) in [6.07, 6.45) is 0.340. The minimum absolute atomic E-state index is 0.154. The van der Waals surface area contributed by atoms with Crippen molar-refractivity contribution >= 4 is 5.97 Å². The Morgan fingerprint density at radius 1 is 1.29 bits per heavy atom. The fraction of sp³-hybridized carbons (Fsp3) is 0.923. The summed E-state index contributed by atoms with van der Waals surface area (Å²) in [5, 5.41) is 0. The van der Waals surface area contributed by atoms with Crippen molar-refractivity contribution in [3.63, 3.8) is 0 Å². The second-order valence-corrected chi connectivity index (χ2v) is 5.92. The molecule has 0 aromatic rings. The molecule has 1 aliphatic heterocycles. The second kappa shape index (κ2) is 5.36. The van der Waals surface area contributed by atoms with E-state index in [2.05, 4.69) is 4.90 Å². The summed E-state index contributed by atoms with van der Waals surface area (Å²) in [6.45, 7) is 13.2. The zero-order chi connectivity index (χ0) is 13.2. The quantitative estimate of drug-likeness (QED) is 0.694. The number of hydrogen-bond acceptors (Lipinski definition) is 4. The van der Waals surface area contributed by atoms with Crippen LogP contribution in [-0.2, 0) is 14.3 Å². The van der Waals surface area contributed by atoms with Crippen molar-refractivity contribution < 1.29 is 14.3 Å². The summed E-state index contributed by atoms with van der Waals surface area (Å²) in [5.41, 5.74) is -0.422. The van der Waals surface area contributed by atoms with Gasteiger partial charge in [0.2, 0.25) is 0 Å². The van der Waals surface area contributed by atoms with Crippen LogP contribution in [0.4, 0.5) is 0 Å². The van der Waals surface area contributed by atoms with Gasteiger partial charge in [-0.2, -0.15) is 0 Å². The summed E-state index contributed by atoms with van der Waals surface area (Å²) >= 11 is 0. The molecule has 0 bridgehead atoms. The Kier molecular flexibility index (Phi) is 4.55. The van der Waals surface area contributed by atoms with Gasteiger partial charge in [-0.05, 0) is 41.5 Å². The highest BCUT2D eigenvalue weighted by Crippen LogP contribution is 2.16. The lowest BCUT2D eigenvalue weighted by Gasteiger charge is -2.38. The van der Waals surface area contributed by atoms with Gasteiger partial charge in [0.05, 0.1) is 12.2 Å². The Morgan fingerprint density at radius 2 is 1.76 bits per heavy atom. The van der Waals surface area contributed by atoms with E-state index in [0.717, 1.165) is 13.1 Å². The summed E-state index contributed by atoms with van der Waals surface area (Å²) in [4.78, 5) is 14.1. The van der Waals surface area contributed by atoms with Crippen molar-refractivity contribution in [2.24, 2.45) is 0 Å². The number of morpholine rings is 1. The molecule has 0 radical (unpaired) electrons. The number of nitrogens with zero attached hydrogens (tertiary/aromatic N) is 1. The maximum Gasteiger partial charge on any atom is 0.323 e. The average Bonchev–Trinajstić information content (AvgIpc) is 2.12. The van der Waals surface area contributed by atoms with E-state index in [-0.39, 0.29) is 24.2 Å². The van der Waals surface area contributed by atoms with Crippen LogP contribution in [0.15, 0.2) is 0 Å². The van der Waals surface area contributed by atoms with E-state index in [1.807, 2.05) is 41.5 Å². The molecule has 1 saturated heterocycles. The molecule has 4 nitrogen and oxygen atoms in total. The van der Waals surface area contributed by atoms with Gasteiger partial charge in [-0.25, -0.2) is 0 Å². The molecule has 3 atom stereocenters. The van der Waals surface area contributed by atoms with Crippen LogP contribution in [0.2, 0.25) is 0 Å². The van der Waals surface area contributed by atoms with Crippen molar-refractivity contribution in [2.75, 3.05) is 13.1 Å². The topological polar surface area (TPSA) is 38.8 Å². The minimum atomic E-state index is -0.422. The van der Waals surface area contributed by atoms with Gasteiger partial charge >= 0.3 is 5.97 Å². The van der Waals surface area contributed by atoms with Crippen LogP contribution in [0.1, 0.15) is 41.5 Å². The first-order chi connectivity index (χ1) is 7.69. The van der Waals surface area contributed by atoms with E-state index >= 15 is 0 Å². The molecule has 0 aliphatic carbocycles. The van der Waals surface area contributed by atoms with Crippen molar-refractivity contribution in [1.82, 2.24) is 4.90 Å². The Balaban J connectivity index is 2.57. The normalized spacial score (nSPS) is 28.8. The van der Waals surface area contributed by atoms with Gasteiger partial charge in [0.25, 0.3) is 0 Å². The predicted octanol–water partition coefficient (Wildman–Crippen LogP) is 1.83. The van der Waals surface area contributed by atoms with Crippen molar-refractivity contribution in [2.45, 2.75) is 65.4 Å². The molecule has 100 valence electrons. The maximum atomic E-state index is 12.0. The van der Waals surface area contributed by atoms with E-state index < -0.39 is 5.60 Å². The third-order valence-corrected chi connectivity index (χ3v) is 2.74. The van der Waals surface area contributed by atoms with Crippen molar-refractivity contribution in [3.8, 4) is 0 Å². The Labute approximate surface area is 104 Å². The fourth-order valence-electron chi connectivity index (χ4n) is 2.07. The van der Waals surface area contributed by atoms with E-state index in [0.29, 0.717) is 0 Å². The lowest BCUT2D eigenvalue weighted by molar-refractivity contribution is -0.165. The molecule has 17 heavy (non-hydrogen) atoms. The van der Waals surface area contributed by atoms with Crippen molar-refractivity contribution in [3.05, 3.63) is 0 Å². The number of carbonyl (C=O) groups excluding carboxylic acids is 1. The largest absolute Gasteiger partial charge is 0.459 e. The van der Waals surface area contributed by atoms with Crippen LogP contribution >= 0.6 is 0 Å². The number of esters is 1. The SMILES string of the molecule is CC1CN(C(C)C(=O)OC(C)(C)C)CC(C)O1. The first-order valence-electron chi connectivity index (χ1n) is 6.31. The average molecular weight is 243 g/mol. The van der Waals surface area contributed by atoms with Crippen LogP contribution < -0.4 is 0 Å². The number of carbonyl (C=O) groups is 1. The molecule has 0 aromatic heterocycles. The molecular weight excluding hydrogens is 218 g/mol. The standard InChI is InChI=1S/C13H25NO3/c1-9-7-14(8-10(2)16-9)11(3)12(15)17-13(4,5)6/h9-11H,7-8H2,1-6H3. The molecule has 0 spiro atoms. The Bertz CT molecular complexity index is 262. The zero-order valence-electron chi connectivity index (χ0n) is 11.8. The van der Waals surface area contributed by atoms with E-state index in [1.165, 1.54) is 0 Å². The zero-order valence-corrected chi connectivity index (χ0v) is 11.8. The number of hydrogen-bond donors (Lipinski definition) is 0. The van der Waals surface area contributed by atoms with E-state index in [9.17, 15) is 4.79 Å². The highest BCUT2D eigenvalue weighted by Gasteiger charge is 2.31. The van der Waals surface area contributed by atoms with E-state index in [1.54, 1.807) is 0 Å². The van der Waals surface area contributed by atoms with Crippen LogP contribution in [0.3, 0.4) is 0 Å². The molecular formula is C13H25NO3.